The molecule has 5 nitrogen and oxygen atoms in total. The molecule has 2 rings (SSSR count). The standard InChI is InChI=1S/C14H14N4O.ClH/c1-16-12-6-7-13(19-2)18-14(12)17-11-5-3-4-10(8-11)9-15;/h3-8H,9,15H2,2H3,(H,17,18);1H. The molecule has 0 amide bonds. The molecule has 20 heavy (non-hydrogen) atoms. The number of methoxy groups -OCH3 is 1. The van der Waals surface area contributed by atoms with Crippen molar-refractivity contribution in [2.24, 2.45) is 5.73 Å². The molecule has 0 spiro atoms. The van der Waals surface area contributed by atoms with Crippen LogP contribution >= 0.6 is 12.4 Å². The van der Waals surface area contributed by atoms with Gasteiger partial charge in [0.25, 0.3) is 0 Å². The normalized spacial score (nSPS) is 9.25. The van der Waals surface area contributed by atoms with Crippen molar-refractivity contribution in [2.45, 2.75) is 6.54 Å². The molecule has 1 heterocycles. The number of halogens is 1. The molecular weight excluding hydrogens is 276 g/mol. The molecule has 6 heteroatoms. The first-order chi connectivity index (χ1) is 9.26. The molecule has 104 valence electrons. The SMILES string of the molecule is Cl.[C-]#[N+]c1ccc(OC)nc1Nc1cccc(CN)c1. The van der Waals surface area contributed by atoms with Crippen molar-refractivity contribution in [2.75, 3.05) is 12.4 Å². The second-order valence-corrected chi connectivity index (χ2v) is 3.86. The van der Waals surface area contributed by atoms with Crippen LogP contribution in [-0.4, -0.2) is 12.1 Å². The van der Waals surface area contributed by atoms with Crippen molar-refractivity contribution in [3.63, 3.8) is 0 Å². The van der Waals surface area contributed by atoms with E-state index in [0.717, 1.165) is 11.3 Å². The van der Waals surface area contributed by atoms with Crippen molar-refractivity contribution >= 4 is 29.6 Å². The van der Waals surface area contributed by atoms with E-state index in [-0.39, 0.29) is 12.4 Å². The van der Waals surface area contributed by atoms with E-state index in [1.807, 2.05) is 24.3 Å². The summed E-state index contributed by atoms with van der Waals surface area (Å²) in [4.78, 5) is 7.66. The van der Waals surface area contributed by atoms with Gasteiger partial charge in [-0.25, -0.2) is 9.83 Å². The third kappa shape index (κ3) is 3.60. The summed E-state index contributed by atoms with van der Waals surface area (Å²) in [6, 6.07) is 11.0. The Morgan fingerprint density at radius 1 is 1.35 bits per heavy atom. The smallest absolute Gasteiger partial charge is 0.228 e. The maximum atomic E-state index is 7.14. The number of hydrogen-bond donors (Lipinski definition) is 2. The summed E-state index contributed by atoms with van der Waals surface area (Å²) in [6.07, 6.45) is 0. The Balaban J connectivity index is 0.00000200. The van der Waals surface area contributed by atoms with Crippen LogP contribution in [0, 0.1) is 6.57 Å². The van der Waals surface area contributed by atoms with Crippen molar-refractivity contribution < 1.29 is 4.74 Å². The lowest BCUT2D eigenvalue weighted by Gasteiger charge is -2.10. The fourth-order valence-electron chi connectivity index (χ4n) is 1.64. The summed E-state index contributed by atoms with van der Waals surface area (Å²) < 4.78 is 5.06. The van der Waals surface area contributed by atoms with Crippen LogP contribution in [0.4, 0.5) is 17.2 Å². The quantitative estimate of drug-likeness (QED) is 0.848. The minimum absolute atomic E-state index is 0. The number of nitrogens with one attached hydrogen (secondary N) is 1. The monoisotopic (exact) mass is 290 g/mol. The van der Waals surface area contributed by atoms with E-state index in [0.29, 0.717) is 23.9 Å². The largest absolute Gasteiger partial charge is 0.481 e. The zero-order valence-electron chi connectivity index (χ0n) is 11.0. The van der Waals surface area contributed by atoms with Gasteiger partial charge in [0.1, 0.15) is 5.82 Å². The van der Waals surface area contributed by atoms with Gasteiger partial charge in [0.2, 0.25) is 11.6 Å². The van der Waals surface area contributed by atoms with Gasteiger partial charge < -0.3 is 15.8 Å². The van der Waals surface area contributed by atoms with Gasteiger partial charge in [0, 0.05) is 12.2 Å². The molecule has 0 unspecified atom stereocenters. The van der Waals surface area contributed by atoms with Gasteiger partial charge in [-0.15, -0.1) is 12.4 Å². The second-order valence-electron chi connectivity index (χ2n) is 3.86. The Labute approximate surface area is 124 Å². The Hall–Kier alpha value is -2.29. The van der Waals surface area contributed by atoms with Crippen molar-refractivity contribution in [1.29, 1.82) is 0 Å². The maximum absolute atomic E-state index is 7.14. The summed E-state index contributed by atoms with van der Waals surface area (Å²) >= 11 is 0. The van der Waals surface area contributed by atoms with Crippen LogP contribution < -0.4 is 15.8 Å². The lowest BCUT2D eigenvalue weighted by molar-refractivity contribution is 0.398. The number of hydrogen-bond acceptors (Lipinski definition) is 4. The number of aromatic nitrogens is 1. The van der Waals surface area contributed by atoms with E-state index in [4.69, 9.17) is 17.0 Å². The van der Waals surface area contributed by atoms with Crippen LogP contribution in [0.3, 0.4) is 0 Å². The van der Waals surface area contributed by atoms with Crippen LogP contribution in [0.2, 0.25) is 0 Å². The first-order valence-electron chi connectivity index (χ1n) is 5.75. The molecule has 2 aromatic rings. The van der Waals surface area contributed by atoms with Crippen LogP contribution in [-0.2, 0) is 6.54 Å². The van der Waals surface area contributed by atoms with Crippen LogP contribution in [0.1, 0.15) is 5.56 Å². The molecule has 0 radical (unpaired) electrons. The summed E-state index contributed by atoms with van der Waals surface area (Å²) in [5.41, 5.74) is 7.90. The molecule has 0 aliphatic rings. The first kappa shape index (κ1) is 15.8. The number of pyridine rings is 1. The topological polar surface area (TPSA) is 64.5 Å². The van der Waals surface area contributed by atoms with E-state index in [1.165, 1.54) is 0 Å². The number of rotatable bonds is 4. The van der Waals surface area contributed by atoms with Gasteiger partial charge in [-0.1, -0.05) is 12.1 Å². The van der Waals surface area contributed by atoms with E-state index >= 15 is 0 Å². The van der Waals surface area contributed by atoms with Gasteiger partial charge in [0.15, 0.2) is 0 Å². The average molecular weight is 291 g/mol. The lowest BCUT2D eigenvalue weighted by Crippen LogP contribution is -1.99. The fourth-order valence-corrected chi connectivity index (χ4v) is 1.64. The Morgan fingerprint density at radius 3 is 2.80 bits per heavy atom. The molecule has 0 atom stereocenters. The van der Waals surface area contributed by atoms with E-state index in [9.17, 15) is 0 Å². The predicted octanol–water partition coefficient (Wildman–Crippen LogP) is 3.27. The lowest BCUT2D eigenvalue weighted by atomic mass is 10.2. The van der Waals surface area contributed by atoms with Crippen LogP contribution in [0.25, 0.3) is 4.85 Å². The highest BCUT2D eigenvalue weighted by atomic mass is 35.5. The fraction of sp³-hybridized carbons (Fsp3) is 0.143. The van der Waals surface area contributed by atoms with Gasteiger partial charge in [-0.2, -0.15) is 0 Å². The molecule has 0 aliphatic carbocycles. The average Bonchev–Trinajstić information content (AvgIpc) is 2.47. The Morgan fingerprint density at radius 2 is 2.15 bits per heavy atom. The molecule has 0 bridgehead atoms. The highest BCUT2D eigenvalue weighted by molar-refractivity contribution is 5.85. The van der Waals surface area contributed by atoms with Crippen molar-refractivity contribution in [3.05, 3.63) is 53.4 Å². The maximum Gasteiger partial charge on any atom is 0.228 e. The first-order valence-corrected chi connectivity index (χ1v) is 5.75. The molecule has 1 aromatic heterocycles. The van der Waals surface area contributed by atoms with Crippen molar-refractivity contribution in [1.82, 2.24) is 4.98 Å². The van der Waals surface area contributed by atoms with E-state index < -0.39 is 0 Å². The minimum atomic E-state index is 0. The third-order valence-corrected chi connectivity index (χ3v) is 2.60. The molecular formula is C14H15ClN4O. The molecule has 1 aromatic carbocycles. The molecule has 3 N–H and O–H groups in total. The Bertz CT molecular complexity index is 625. The van der Waals surface area contributed by atoms with Crippen molar-refractivity contribution in [3.8, 4) is 5.88 Å². The third-order valence-electron chi connectivity index (χ3n) is 2.60. The number of ether oxygens (including phenoxy) is 1. The number of nitrogens with zero attached hydrogens (tertiary/aromatic N) is 2. The van der Waals surface area contributed by atoms with Crippen LogP contribution in [0.15, 0.2) is 36.4 Å². The number of nitrogens with two attached hydrogens (primary N) is 1. The summed E-state index contributed by atoms with van der Waals surface area (Å²) in [7, 11) is 1.54. The highest BCUT2D eigenvalue weighted by Crippen LogP contribution is 2.28. The van der Waals surface area contributed by atoms with Gasteiger partial charge in [-0.3, -0.25) is 0 Å². The molecule has 0 saturated heterocycles. The molecule has 0 fully saturated rings. The van der Waals surface area contributed by atoms with Gasteiger partial charge in [0.05, 0.1) is 13.7 Å². The summed E-state index contributed by atoms with van der Waals surface area (Å²) in [5, 5.41) is 3.11. The second kappa shape index (κ2) is 7.34. The molecule has 0 aliphatic heterocycles. The van der Waals surface area contributed by atoms with Crippen LogP contribution in [0.5, 0.6) is 5.88 Å². The zero-order chi connectivity index (χ0) is 13.7. The van der Waals surface area contributed by atoms with Gasteiger partial charge in [-0.05, 0) is 29.8 Å². The summed E-state index contributed by atoms with van der Waals surface area (Å²) in [5.74, 6) is 0.938. The van der Waals surface area contributed by atoms with E-state index in [1.54, 1.807) is 19.2 Å². The minimum Gasteiger partial charge on any atom is -0.481 e. The van der Waals surface area contributed by atoms with Gasteiger partial charge >= 0.3 is 0 Å². The Kier molecular flexibility index (Phi) is 5.78. The summed E-state index contributed by atoms with van der Waals surface area (Å²) in [6.45, 7) is 7.61. The number of anilines is 2. The predicted molar refractivity (Wildman–Crippen MR) is 81.9 cm³/mol. The highest BCUT2D eigenvalue weighted by Gasteiger charge is 2.06. The zero-order valence-corrected chi connectivity index (χ0v) is 11.8. The van der Waals surface area contributed by atoms with E-state index in [2.05, 4.69) is 15.1 Å². The molecule has 0 saturated carbocycles. The number of benzene rings is 1.